The number of hydrogen-bond acceptors (Lipinski definition) is 5. The van der Waals surface area contributed by atoms with Gasteiger partial charge in [-0.25, -0.2) is 4.79 Å². The van der Waals surface area contributed by atoms with Gasteiger partial charge in [0.1, 0.15) is 12.3 Å². The number of nitrogens with one attached hydrogen (secondary N) is 1. The molecule has 0 unspecified atom stereocenters. The van der Waals surface area contributed by atoms with E-state index in [4.69, 9.17) is 9.47 Å². The average Bonchev–Trinajstić information content (AvgIpc) is 2.70. The number of carbonyl (C=O) groups excluding carboxylic acids is 3. The molecule has 0 aliphatic carbocycles. The van der Waals surface area contributed by atoms with E-state index in [1.54, 1.807) is 38.3 Å². The van der Waals surface area contributed by atoms with Gasteiger partial charge in [0.05, 0.1) is 19.3 Å². The van der Waals surface area contributed by atoms with Crippen molar-refractivity contribution in [3.05, 3.63) is 59.7 Å². The van der Waals surface area contributed by atoms with Gasteiger partial charge in [-0.3, -0.25) is 9.59 Å². The zero-order chi connectivity index (χ0) is 20.5. The highest BCUT2D eigenvalue weighted by molar-refractivity contribution is 5.98. The van der Waals surface area contributed by atoms with Crippen LogP contribution in [0.4, 0.5) is 5.69 Å². The third-order valence-electron chi connectivity index (χ3n) is 4.04. The van der Waals surface area contributed by atoms with E-state index < -0.39 is 5.97 Å². The number of benzene rings is 2. The van der Waals surface area contributed by atoms with Gasteiger partial charge in [0.15, 0.2) is 0 Å². The Morgan fingerprint density at radius 2 is 1.71 bits per heavy atom. The summed E-state index contributed by atoms with van der Waals surface area (Å²) in [6.45, 7) is 3.55. The second-order valence-electron chi connectivity index (χ2n) is 5.96. The van der Waals surface area contributed by atoms with Crippen molar-refractivity contribution < 1.29 is 23.9 Å². The first-order valence-corrected chi connectivity index (χ1v) is 8.90. The van der Waals surface area contributed by atoms with Crippen LogP contribution in [0.2, 0.25) is 0 Å². The SMILES string of the molecule is CCOC(=O)c1ccc(N(CC(=O)NCc2ccccc2OC)C(C)=O)cc1. The first-order valence-electron chi connectivity index (χ1n) is 8.90. The Bertz CT molecular complexity index is 833. The number of anilines is 1. The fourth-order valence-electron chi connectivity index (χ4n) is 2.62. The number of methoxy groups -OCH3 is 1. The first-order chi connectivity index (χ1) is 13.5. The third-order valence-corrected chi connectivity index (χ3v) is 4.04. The highest BCUT2D eigenvalue weighted by atomic mass is 16.5. The van der Waals surface area contributed by atoms with Crippen molar-refractivity contribution in [1.82, 2.24) is 5.32 Å². The predicted molar refractivity (Wildman–Crippen MR) is 105 cm³/mol. The molecule has 0 spiro atoms. The summed E-state index contributed by atoms with van der Waals surface area (Å²) in [4.78, 5) is 37.4. The van der Waals surface area contributed by atoms with Crippen molar-refractivity contribution in [2.75, 3.05) is 25.2 Å². The van der Waals surface area contributed by atoms with Gasteiger partial charge < -0.3 is 19.7 Å². The first kappa shape index (κ1) is 21.0. The molecular formula is C21H24N2O5. The largest absolute Gasteiger partial charge is 0.496 e. The van der Waals surface area contributed by atoms with Crippen molar-refractivity contribution in [2.45, 2.75) is 20.4 Å². The topological polar surface area (TPSA) is 84.9 Å². The van der Waals surface area contributed by atoms with Crippen molar-refractivity contribution in [1.29, 1.82) is 0 Å². The van der Waals surface area contributed by atoms with Gasteiger partial charge in [-0.1, -0.05) is 18.2 Å². The molecule has 1 N–H and O–H groups in total. The third kappa shape index (κ3) is 5.57. The number of amides is 2. The molecule has 0 fully saturated rings. The van der Waals surface area contributed by atoms with Crippen LogP contribution in [-0.2, 0) is 20.9 Å². The number of para-hydroxylation sites is 1. The molecule has 0 heterocycles. The minimum absolute atomic E-state index is 0.136. The molecule has 2 rings (SSSR count). The van der Waals surface area contributed by atoms with Crippen LogP contribution < -0.4 is 15.0 Å². The molecule has 7 heteroatoms. The van der Waals surface area contributed by atoms with E-state index in [0.29, 0.717) is 17.0 Å². The normalized spacial score (nSPS) is 10.1. The average molecular weight is 384 g/mol. The number of rotatable bonds is 8. The quantitative estimate of drug-likeness (QED) is 0.707. The molecule has 0 radical (unpaired) electrons. The van der Waals surface area contributed by atoms with Gasteiger partial charge in [-0.05, 0) is 37.3 Å². The van der Waals surface area contributed by atoms with E-state index in [1.807, 2.05) is 24.3 Å². The monoisotopic (exact) mass is 384 g/mol. The van der Waals surface area contributed by atoms with E-state index >= 15 is 0 Å². The molecule has 0 saturated carbocycles. The Labute approximate surface area is 164 Å². The lowest BCUT2D eigenvalue weighted by Gasteiger charge is -2.21. The van der Waals surface area contributed by atoms with Crippen LogP contribution in [0.3, 0.4) is 0 Å². The van der Waals surface area contributed by atoms with Crippen molar-refractivity contribution in [3.8, 4) is 5.75 Å². The van der Waals surface area contributed by atoms with Gasteiger partial charge in [-0.15, -0.1) is 0 Å². The maximum Gasteiger partial charge on any atom is 0.338 e. The van der Waals surface area contributed by atoms with Crippen molar-refractivity contribution in [2.24, 2.45) is 0 Å². The molecule has 0 aliphatic rings. The highest BCUT2D eigenvalue weighted by Crippen LogP contribution is 2.18. The summed E-state index contributed by atoms with van der Waals surface area (Å²) in [6, 6.07) is 13.7. The lowest BCUT2D eigenvalue weighted by Crippen LogP contribution is -2.39. The molecule has 0 aromatic heterocycles. The number of ether oxygens (including phenoxy) is 2. The smallest absolute Gasteiger partial charge is 0.338 e. The zero-order valence-electron chi connectivity index (χ0n) is 16.2. The molecule has 2 amide bonds. The van der Waals surface area contributed by atoms with Gasteiger partial charge in [0, 0.05) is 24.7 Å². The maximum atomic E-state index is 12.3. The zero-order valence-corrected chi connectivity index (χ0v) is 16.2. The van der Waals surface area contributed by atoms with Gasteiger partial charge in [-0.2, -0.15) is 0 Å². The lowest BCUT2D eigenvalue weighted by atomic mass is 10.2. The Balaban J connectivity index is 2.03. The van der Waals surface area contributed by atoms with Crippen LogP contribution in [0.15, 0.2) is 48.5 Å². The summed E-state index contributed by atoms with van der Waals surface area (Å²) < 4.78 is 10.2. The fraction of sp³-hybridized carbons (Fsp3) is 0.286. The number of nitrogens with zero attached hydrogens (tertiary/aromatic N) is 1. The van der Waals surface area contributed by atoms with Gasteiger partial charge >= 0.3 is 5.97 Å². The molecule has 0 bridgehead atoms. The van der Waals surface area contributed by atoms with E-state index in [1.165, 1.54) is 11.8 Å². The fourth-order valence-corrected chi connectivity index (χ4v) is 2.62. The minimum atomic E-state index is -0.432. The van der Waals surface area contributed by atoms with Crippen LogP contribution in [0.25, 0.3) is 0 Å². The van der Waals surface area contributed by atoms with Gasteiger partial charge in [0.2, 0.25) is 11.8 Å². The summed E-state index contributed by atoms with van der Waals surface area (Å²) in [7, 11) is 1.57. The predicted octanol–water partition coefficient (Wildman–Crippen LogP) is 2.54. The summed E-state index contributed by atoms with van der Waals surface area (Å²) in [5, 5.41) is 2.79. The van der Waals surface area contributed by atoms with Crippen molar-refractivity contribution >= 4 is 23.5 Å². The Kier molecular flexibility index (Phi) is 7.56. The molecule has 0 aliphatic heterocycles. The molecular weight excluding hydrogens is 360 g/mol. The van der Waals surface area contributed by atoms with Gasteiger partial charge in [0.25, 0.3) is 0 Å². The second kappa shape index (κ2) is 10.1. The van der Waals surface area contributed by atoms with E-state index in [2.05, 4.69) is 5.32 Å². The van der Waals surface area contributed by atoms with E-state index in [0.717, 1.165) is 5.56 Å². The van der Waals surface area contributed by atoms with E-state index in [-0.39, 0.29) is 31.5 Å². The summed E-state index contributed by atoms with van der Waals surface area (Å²) in [5.41, 5.74) is 1.74. The standard InChI is InChI=1S/C21H24N2O5/c1-4-28-21(26)16-9-11-18(12-10-16)23(15(2)24)14-20(25)22-13-17-7-5-6-8-19(17)27-3/h5-12H,4,13-14H2,1-3H3,(H,22,25). The molecule has 2 aromatic rings. The Morgan fingerprint density at radius 3 is 2.32 bits per heavy atom. The molecule has 28 heavy (non-hydrogen) atoms. The van der Waals surface area contributed by atoms with Crippen LogP contribution in [0.5, 0.6) is 5.75 Å². The summed E-state index contributed by atoms with van der Waals surface area (Å²) in [5.74, 6) is -0.342. The van der Waals surface area contributed by atoms with Crippen LogP contribution in [-0.4, -0.2) is 38.0 Å². The molecule has 2 aromatic carbocycles. The number of carbonyl (C=O) groups is 3. The van der Waals surface area contributed by atoms with Crippen molar-refractivity contribution in [3.63, 3.8) is 0 Å². The highest BCUT2D eigenvalue weighted by Gasteiger charge is 2.17. The summed E-state index contributed by atoms with van der Waals surface area (Å²) >= 11 is 0. The Morgan fingerprint density at radius 1 is 1.04 bits per heavy atom. The minimum Gasteiger partial charge on any atom is -0.496 e. The number of esters is 1. The van der Waals surface area contributed by atoms with Crippen LogP contribution in [0, 0.1) is 0 Å². The molecule has 0 atom stereocenters. The Hall–Kier alpha value is -3.35. The van der Waals surface area contributed by atoms with Crippen LogP contribution >= 0.6 is 0 Å². The second-order valence-corrected chi connectivity index (χ2v) is 5.96. The van der Waals surface area contributed by atoms with E-state index in [9.17, 15) is 14.4 Å². The summed E-state index contributed by atoms with van der Waals surface area (Å²) in [6.07, 6.45) is 0. The number of hydrogen-bond donors (Lipinski definition) is 1. The van der Waals surface area contributed by atoms with Crippen LogP contribution in [0.1, 0.15) is 29.8 Å². The molecule has 0 saturated heterocycles. The maximum absolute atomic E-state index is 12.3. The molecule has 148 valence electrons. The lowest BCUT2D eigenvalue weighted by molar-refractivity contribution is -0.123. The molecule has 7 nitrogen and oxygen atoms in total.